The zero-order valence-corrected chi connectivity index (χ0v) is 10.4. The molecule has 0 saturated carbocycles. The summed E-state index contributed by atoms with van der Waals surface area (Å²) in [5.74, 6) is 1.06. The van der Waals surface area contributed by atoms with Crippen molar-refractivity contribution in [3.05, 3.63) is 18.2 Å². The molecule has 0 heterocycles. The van der Waals surface area contributed by atoms with Gasteiger partial charge in [0.25, 0.3) is 0 Å². The Labute approximate surface area is 99.2 Å². The van der Waals surface area contributed by atoms with Crippen molar-refractivity contribution in [2.45, 2.75) is 4.90 Å². The number of benzene rings is 1. The zero-order valence-electron chi connectivity index (χ0n) is 9.56. The molecule has 16 heavy (non-hydrogen) atoms. The number of hydrogen-bond donors (Lipinski definition) is 1. The van der Waals surface area contributed by atoms with Crippen LogP contribution in [0.3, 0.4) is 0 Å². The number of methoxy groups -OCH3 is 1. The first-order valence-electron chi connectivity index (χ1n) is 4.74. The number of nitrogens with zero attached hydrogens (tertiary/aromatic N) is 1. The Morgan fingerprint density at radius 3 is 2.69 bits per heavy atom. The summed E-state index contributed by atoms with van der Waals surface area (Å²) in [4.78, 5) is 13.5. The minimum atomic E-state index is 0.0141. The Morgan fingerprint density at radius 2 is 2.19 bits per heavy atom. The lowest BCUT2D eigenvalue weighted by atomic mass is 10.3. The summed E-state index contributed by atoms with van der Waals surface area (Å²) in [5.41, 5.74) is 0. The Morgan fingerprint density at radius 1 is 1.50 bits per heavy atom. The highest BCUT2D eigenvalue weighted by Crippen LogP contribution is 2.31. The first kappa shape index (κ1) is 12.7. The van der Waals surface area contributed by atoms with E-state index in [0.29, 0.717) is 16.4 Å². The van der Waals surface area contributed by atoms with Crippen LogP contribution in [0.5, 0.6) is 11.5 Å². The second-order valence-corrected chi connectivity index (χ2v) is 4.43. The van der Waals surface area contributed by atoms with Crippen LogP contribution in [0.2, 0.25) is 0 Å². The molecule has 0 aromatic heterocycles. The quantitative estimate of drug-likeness (QED) is 0.813. The predicted molar refractivity (Wildman–Crippen MR) is 64.1 cm³/mol. The fourth-order valence-electron chi connectivity index (χ4n) is 1.01. The fraction of sp³-hybridized carbons (Fsp3) is 0.364. The molecule has 0 aliphatic heterocycles. The molecule has 1 N–H and O–H groups in total. The maximum atomic E-state index is 11.3. The number of phenolic OH excluding ortho intramolecular Hbond substituents is 1. The van der Waals surface area contributed by atoms with Gasteiger partial charge in [-0.15, -0.1) is 11.8 Å². The van der Waals surface area contributed by atoms with Gasteiger partial charge in [-0.1, -0.05) is 0 Å². The molecule has 0 spiro atoms. The molecule has 1 rings (SSSR count). The normalized spacial score (nSPS) is 9.94. The molecule has 0 radical (unpaired) electrons. The molecular formula is C11H15NO3S. The van der Waals surface area contributed by atoms with E-state index in [-0.39, 0.29) is 11.7 Å². The van der Waals surface area contributed by atoms with Crippen LogP contribution in [0, 0.1) is 0 Å². The average molecular weight is 241 g/mol. The number of aromatic hydroxyl groups is 1. The van der Waals surface area contributed by atoms with Crippen LogP contribution in [0.25, 0.3) is 0 Å². The monoisotopic (exact) mass is 241 g/mol. The van der Waals surface area contributed by atoms with Gasteiger partial charge < -0.3 is 14.7 Å². The van der Waals surface area contributed by atoms with Crippen molar-refractivity contribution in [1.82, 2.24) is 4.90 Å². The minimum Gasteiger partial charge on any atom is -0.507 e. The second kappa shape index (κ2) is 5.65. The fourth-order valence-corrected chi connectivity index (χ4v) is 1.92. The first-order valence-corrected chi connectivity index (χ1v) is 5.73. The van der Waals surface area contributed by atoms with Gasteiger partial charge in [0.05, 0.1) is 12.9 Å². The molecule has 0 aliphatic rings. The number of carbonyl (C=O) groups excluding carboxylic acids is 1. The number of ether oxygens (including phenoxy) is 1. The molecule has 0 aliphatic carbocycles. The highest BCUT2D eigenvalue weighted by Gasteiger charge is 2.08. The van der Waals surface area contributed by atoms with Crippen LogP contribution in [-0.4, -0.2) is 42.9 Å². The minimum absolute atomic E-state index is 0.0141. The maximum absolute atomic E-state index is 11.3. The van der Waals surface area contributed by atoms with Crippen LogP contribution in [0.1, 0.15) is 0 Å². The van der Waals surface area contributed by atoms with Crippen molar-refractivity contribution in [3.63, 3.8) is 0 Å². The third-order valence-corrected chi connectivity index (χ3v) is 3.06. The van der Waals surface area contributed by atoms with Gasteiger partial charge in [0.1, 0.15) is 11.5 Å². The Balaban J connectivity index is 2.64. The average Bonchev–Trinajstić information content (AvgIpc) is 2.26. The van der Waals surface area contributed by atoms with Gasteiger partial charge in [-0.05, 0) is 12.1 Å². The van der Waals surface area contributed by atoms with E-state index >= 15 is 0 Å². The smallest absolute Gasteiger partial charge is 0.232 e. The van der Waals surface area contributed by atoms with E-state index in [2.05, 4.69) is 0 Å². The number of amides is 1. The summed E-state index contributed by atoms with van der Waals surface area (Å²) < 4.78 is 4.97. The molecule has 0 fully saturated rings. The van der Waals surface area contributed by atoms with Gasteiger partial charge in [0.15, 0.2) is 0 Å². The molecule has 0 atom stereocenters. The van der Waals surface area contributed by atoms with Crippen molar-refractivity contribution in [2.24, 2.45) is 0 Å². The lowest BCUT2D eigenvalue weighted by Gasteiger charge is -2.10. The lowest BCUT2D eigenvalue weighted by Crippen LogP contribution is -2.23. The molecule has 5 heteroatoms. The molecular weight excluding hydrogens is 226 g/mol. The van der Waals surface area contributed by atoms with E-state index in [1.807, 2.05) is 0 Å². The van der Waals surface area contributed by atoms with E-state index in [1.54, 1.807) is 26.2 Å². The second-order valence-electron chi connectivity index (χ2n) is 3.41. The summed E-state index contributed by atoms with van der Waals surface area (Å²) in [7, 11) is 4.95. The van der Waals surface area contributed by atoms with Crippen LogP contribution in [0.15, 0.2) is 23.1 Å². The standard InChI is InChI=1S/C11H15NO3S/c1-12(2)11(14)7-16-10-5-4-8(15-3)6-9(10)13/h4-6,13H,7H2,1-3H3. The molecule has 88 valence electrons. The van der Waals surface area contributed by atoms with E-state index in [1.165, 1.54) is 29.8 Å². The lowest BCUT2D eigenvalue weighted by molar-refractivity contribution is -0.125. The topological polar surface area (TPSA) is 49.8 Å². The molecule has 0 unspecified atom stereocenters. The Bertz CT molecular complexity index is 379. The number of phenols is 1. The first-order chi connectivity index (χ1) is 7.54. The third-order valence-electron chi connectivity index (χ3n) is 2.02. The summed E-state index contributed by atoms with van der Waals surface area (Å²) in [5, 5.41) is 9.65. The molecule has 1 aromatic carbocycles. The van der Waals surface area contributed by atoms with Crippen LogP contribution in [-0.2, 0) is 4.79 Å². The maximum Gasteiger partial charge on any atom is 0.232 e. The summed E-state index contributed by atoms with van der Waals surface area (Å²) in [6, 6.07) is 5.02. The molecule has 0 bridgehead atoms. The predicted octanol–water partition coefficient (Wildman–Crippen LogP) is 1.58. The van der Waals surface area contributed by atoms with Crippen LogP contribution in [0.4, 0.5) is 0 Å². The summed E-state index contributed by atoms with van der Waals surface area (Å²) >= 11 is 1.31. The number of rotatable bonds is 4. The Hall–Kier alpha value is -1.36. The molecule has 1 amide bonds. The van der Waals surface area contributed by atoms with Crippen molar-refractivity contribution >= 4 is 17.7 Å². The van der Waals surface area contributed by atoms with E-state index in [4.69, 9.17) is 4.74 Å². The SMILES string of the molecule is COc1ccc(SCC(=O)N(C)C)c(O)c1. The third kappa shape index (κ3) is 3.34. The number of hydrogen-bond acceptors (Lipinski definition) is 4. The Kier molecular flexibility index (Phi) is 4.49. The highest BCUT2D eigenvalue weighted by molar-refractivity contribution is 8.00. The van der Waals surface area contributed by atoms with Gasteiger partial charge in [-0.2, -0.15) is 0 Å². The van der Waals surface area contributed by atoms with Crippen LogP contribution >= 0.6 is 11.8 Å². The molecule has 0 saturated heterocycles. The summed E-state index contributed by atoms with van der Waals surface area (Å²) in [6.07, 6.45) is 0. The van der Waals surface area contributed by atoms with Crippen LogP contribution < -0.4 is 4.74 Å². The van der Waals surface area contributed by atoms with Crippen molar-refractivity contribution in [3.8, 4) is 11.5 Å². The van der Waals surface area contributed by atoms with Gasteiger partial charge in [-0.3, -0.25) is 4.79 Å². The van der Waals surface area contributed by atoms with Gasteiger partial charge in [0, 0.05) is 25.1 Å². The zero-order chi connectivity index (χ0) is 12.1. The van der Waals surface area contributed by atoms with Crippen molar-refractivity contribution in [1.29, 1.82) is 0 Å². The summed E-state index contributed by atoms with van der Waals surface area (Å²) in [6.45, 7) is 0. The van der Waals surface area contributed by atoms with Gasteiger partial charge in [0.2, 0.25) is 5.91 Å². The van der Waals surface area contributed by atoms with Gasteiger partial charge in [-0.25, -0.2) is 0 Å². The van der Waals surface area contributed by atoms with E-state index in [9.17, 15) is 9.90 Å². The van der Waals surface area contributed by atoms with Gasteiger partial charge >= 0.3 is 0 Å². The number of carbonyl (C=O) groups is 1. The molecule has 4 nitrogen and oxygen atoms in total. The highest BCUT2D eigenvalue weighted by atomic mass is 32.2. The van der Waals surface area contributed by atoms with E-state index in [0.717, 1.165) is 0 Å². The molecule has 1 aromatic rings. The largest absolute Gasteiger partial charge is 0.507 e. The van der Waals surface area contributed by atoms with Crippen molar-refractivity contribution in [2.75, 3.05) is 27.0 Å². The van der Waals surface area contributed by atoms with Crippen molar-refractivity contribution < 1.29 is 14.6 Å². The van der Waals surface area contributed by atoms with E-state index < -0.39 is 0 Å². The number of thioether (sulfide) groups is 1.